The maximum absolute atomic E-state index is 12.5. The predicted octanol–water partition coefficient (Wildman–Crippen LogP) is 3.02. The topological polar surface area (TPSA) is 29.3 Å². The molecule has 0 saturated heterocycles. The molecule has 0 amide bonds. The van der Waals surface area contributed by atoms with E-state index in [4.69, 9.17) is 5.73 Å². The normalized spacial score (nSPS) is 16.2. The fourth-order valence-corrected chi connectivity index (χ4v) is 2.84. The molecule has 1 heterocycles. The van der Waals surface area contributed by atoms with Crippen molar-refractivity contribution in [2.75, 3.05) is 13.1 Å². The highest BCUT2D eigenvalue weighted by molar-refractivity contribution is 7.10. The van der Waals surface area contributed by atoms with Gasteiger partial charge in [0.2, 0.25) is 0 Å². The number of rotatable bonds is 5. The summed E-state index contributed by atoms with van der Waals surface area (Å²) in [5.74, 6) is 0. The standard InChI is InChI=1S/C11H17F3N2S/c1-3-16(7-11(12,13)14)10(8(2)15)9-5-4-6-17-9/h4-6,8,10H,3,7,15H2,1-2H3. The van der Waals surface area contributed by atoms with Gasteiger partial charge in [0.25, 0.3) is 0 Å². The number of likely N-dealkylation sites (N-methyl/N-ethyl adjacent to an activating group) is 1. The number of hydrogen-bond donors (Lipinski definition) is 1. The van der Waals surface area contributed by atoms with Gasteiger partial charge in [0.05, 0.1) is 12.6 Å². The van der Waals surface area contributed by atoms with Crippen LogP contribution < -0.4 is 5.73 Å². The van der Waals surface area contributed by atoms with Crippen molar-refractivity contribution in [3.63, 3.8) is 0 Å². The summed E-state index contributed by atoms with van der Waals surface area (Å²) in [6.07, 6.45) is -4.19. The molecule has 2 N–H and O–H groups in total. The van der Waals surface area contributed by atoms with Crippen LogP contribution in [0.5, 0.6) is 0 Å². The van der Waals surface area contributed by atoms with Gasteiger partial charge in [-0.3, -0.25) is 4.90 Å². The summed E-state index contributed by atoms with van der Waals surface area (Å²) in [7, 11) is 0. The lowest BCUT2D eigenvalue weighted by Gasteiger charge is -2.33. The van der Waals surface area contributed by atoms with E-state index in [0.717, 1.165) is 4.88 Å². The van der Waals surface area contributed by atoms with Crippen LogP contribution in [-0.2, 0) is 0 Å². The van der Waals surface area contributed by atoms with Crippen LogP contribution in [0.25, 0.3) is 0 Å². The number of halogens is 3. The third-order valence-corrected chi connectivity index (χ3v) is 3.46. The van der Waals surface area contributed by atoms with Crippen LogP contribution in [0.15, 0.2) is 17.5 Å². The molecule has 1 rings (SSSR count). The molecule has 2 nitrogen and oxygen atoms in total. The molecule has 6 heteroatoms. The minimum atomic E-state index is -4.19. The Morgan fingerprint density at radius 3 is 2.47 bits per heavy atom. The van der Waals surface area contributed by atoms with Crippen molar-refractivity contribution in [3.05, 3.63) is 22.4 Å². The maximum atomic E-state index is 12.5. The molecule has 0 aliphatic carbocycles. The van der Waals surface area contributed by atoms with E-state index in [2.05, 4.69) is 0 Å². The van der Waals surface area contributed by atoms with Crippen molar-refractivity contribution in [1.29, 1.82) is 0 Å². The molecule has 17 heavy (non-hydrogen) atoms. The molecule has 0 radical (unpaired) electrons. The Balaban J connectivity index is 2.88. The molecule has 2 unspecified atom stereocenters. The zero-order valence-corrected chi connectivity index (χ0v) is 10.7. The second kappa shape index (κ2) is 5.84. The van der Waals surface area contributed by atoms with Crippen molar-refractivity contribution < 1.29 is 13.2 Å². The Morgan fingerprint density at radius 2 is 2.12 bits per heavy atom. The van der Waals surface area contributed by atoms with Gasteiger partial charge in [0.15, 0.2) is 0 Å². The second-order valence-corrected chi connectivity index (χ2v) is 4.98. The van der Waals surface area contributed by atoms with Gasteiger partial charge in [0, 0.05) is 10.9 Å². The van der Waals surface area contributed by atoms with Crippen LogP contribution in [0.3, 0.4) is 0 Å². The van der Waals surface area contributed by atoms with Gasteiger partial charge in [-0.15, -0.1) is 11.3 Å². The molecule has 0 aliphatic rings. The van der Waals surface area contributed by atoms with Gasteiger partial charge >= 0.3 is 6.18 Å². The maximum Gasteiger partial charge on any atom is 0.401 e. The molecule has 1 aromatic rings. The van der Waals surface area contributed by atoms with Crippen molar-refractivity contribution in [2.45, 2.75) is 32.1 Å². The summed E-state index contributed by atoms with van der Waals surface area (Å²) in [6.45, 7) is 2.86. The average Bonchev–Trinajstić information content (AvgIpc) is 2.67. The number of nitrogens with two attached hydrogens (primary N) is 1. The Hall–Kier alpha value is -0.590. The van der Waals surface area contributed by atoms with Crippen LogP contribution in [0.2, 0.25) is 0 Å². The summed E-state index contributed by atoms with van der Waals surface area (Å²) < 4.78 is 37.4. The fraction of sp³-hybridized carbons (Fsp3) is 0.636. The highest BCUT2D eigenvalue weighted by atomic mass is 32.1. The minimum absolute atomic E-state index is 0.323. The highest BCUT2D eigenvalue weighted by Gasteiger charge is 2.35. The highest BCUT2D eigenvalue weighted by Crippen LogP contribution is 2.30. The average molecular weight is 266 g/mol. The Morgan fingerprint density at radius 1 is 1.47 bits per heavy atom. The predicted molar refractivity (Wildman–Crippen MR) is 64.0 cm³/mol. The number of hydrogen-bond acceptors (Lipinski definition) is 3. The first-order valence-corrected chi connectivity index (χ1v) is 6.33. The molecule has 2 atom stereocenters. The Bertz CT molecular complexity index is 322. The van der Waals surface area contributed by atoms with Gasteiger partial charge < -0.3 is 5.73 Å². The molecular weight excluding hydrogens is 249 g/mol. The van der Waals surface area contributed by atoms with E-state index in [1.54, 1.807) is 13.8 Å². The molecule has 0 aliphatic heterocycles. The zero-order chi connectivity index (χ0) is 13.1. The van der Waals surface area contributed by atoms with E-state index < -0.39 is 12.7 Å². The van der Waals surface area contributed by atoms with E-state index >= 15 is 0 Å². The van der Waals surface area contributed by atoms with E-state index in [0.29, 0.717) is 6.54 Å². The molecule has 0 saturated carbocycles. The SMILES string of the molecule is CCN(CC(F)(F)F)C(c1cccs1)C(C)N. The lowest BCUT2D eigenvalue weighted by Crippen LogP contribution is -2.43. The van der Waals surface area contributed by atoms with E-state index in [9.17, 15) is 13.2 Å². The van der Waals surface area contributed by atoms with Crippen LogP contribution in [0, 0.1) is 0 Å². The largest absolute Gasteiger partial charge is 0.401 e. The van der Waals surface area contributed by atoms with Gasteiger partial charge in [0.1, 0.15) is 0 Å². The number of thiophene rings is 1. The van der Waals surface area contributed by atoms with Gasteiger partial charge in [-0.1, -0.05) is 13.0 Å². The van der Waals surface area contributed by atoms with Crippen LogP contribution in [-0.4, -0.2) is 30.2 Å². The van der Waals surface area contributed by atoms with Gasteiger partial charge in [-0.2, -0.15) is 13.2 Å². The molecule has 0 fully saturated rings. The Labute approximate surface area is 103 Å². The number of nitrogens with zero attached hydrogens (tertiary/aromatic N) is 1. The Kier molecular flexibility index (Phi) is 4.97. The smallest absolute Gasteiger partial charge is 0.326 e. The molecule has 0 bridgehead atoms. The summed E-state index contributed by atoms with van der Waals surface area (Å²) in [4.78, 5) is 2.25. The van der Waals surface area contributed by atoms with Crippen LogP contribution in [0.4, 0.5) is 13.2 Å². The summed E-state index contributed by atoms with van der Waals surface area (Å²) in [5.41, 5.74) is 5.82. The van der Waals surface area contributed by atoms with Crippen LogP contribution in [0.1, 0.15) is 24.8 Å². The molecule has 0 spiro atoms. The summed E-state index contributed by atoms with van der Waals surface area (Å²) in [5, 5.41) is 1.85. The van der Waals surface area contributed by atoms with E-state index in [-0.39, 0.29) is 12.1 Å². The molecule has 1 aromatic heterocycles. The zero-order valence-electron chi connectivity index (χ0n) is 9.87. The first-order chi connectivity index (χ1) is 7.85. The first kappa shape index (κ1) is 14.5. The summed E-state index contributed by atoms with van der Waals surface area (Å²) in [6, 6.07) is 2.95. The molecule has 0 aromatic carbocycles. The fourth-order valence-electron chi connectivity index (χ4n) is 1.87. The second-order valence-electron chi connectivity index (χ2n) is 4.00. The molecular formula is C11H17F3N2S. The summed E-state index contributed by atoms with van der Waals surface area (Å²) >= 11 is 1.44. The lowest BCUT2D eigenvalue weighted by atomic mass is 10.1. The molecule has 98 valence electrons. The van der Waals surface area contributed by atoms with Crippen LogP contribution >= 0.6 is 11.3 Å². The monoisotopic (exact) mass is 266 g/mol. The van der Waals surface area contributed by atoms with Crippen molar-refractivity contribution in [2.24, 2.45) is 5.73 Å². The van der Waals surface area contributed by atoms with Gasteiger partial charge in [-0.05, 0) is 24.9 Å². The minimum Gasteiger partial charge on any atom is -0.326 e. The third-order valence-electron chi connectivity index (χ3n) is 2.51. The lowest BCUT2D eigenvalue weighted by molar-refractivity contribution is -0.151. The third kappa shape index (κ3) is 4.29. The van der Waals surface area contributed by atoms with Crippen molar-refractivity contribution in [3.8, 4) is 0 Å². The van der Waals surface area contributed by atoms with E-state index in [1.807, 2.05) is 17.5 Å². The number of alkyl halides is 3. The van der Waals surface area contributed by atoms with E-state index in [1.165, 1.54) is 16.2 Å². The van der Waals surface area contributed by atoms with Crippen molar-refractivity contribution in [1.82, 2.24) is 4.90 Å². The van der Waals surface area contributed by atoms with Crippen molar-refractivity contribution >= 4 is 11.3 Å². The first-order valence-electron chi connectivity index (χ1n) is 5.45. The quantitative estimate of drug-likeness (QED) is 0.887. The van der Waals surface area contributed by atoms with Gasteiger partial charge in [-0.25, -0.2) is 0 Å².